The Morgan fingerprint density at radius 1 is 1.35 bits per heavy atom. The van der Waals surface area contributed by atoms with Crippen LogP contribution in [-0.4, -0.2) is 18.2 Å². The topological polar surface area (TPSA) is 21.3 Å². The molecule has 2 nitrogen and oxygen atoms in total. The average molecular weight is 251 g/mol. The summed E-state index contributed by atoms with van der Waals surface area (Å²) in [4.78, 5) is 0.551. The van der Waals surface area contributed by atoms with Gasteiger partial charge in [-0.25, -0.2) is 4.39 Å². The van der Waals surface area contributed by atoms with Crippen LogP contribution in [-0.2, 0) is 4.74 Å². The van der Waals surface area contributed by atoms with E-state index in [-0.39, 0.29) is 5.82 Å². The summed E-state index contributed by atoms with van der Waals surface area (Å²) in [5.74, 6) is 5.48. The van der Waals surface area contributed by atoms with Crippen molar-refractivity contribution >= 4 is 22.9 Å². The fourth-order valence-corrected chi connectivity index (χ4v) is 1.30. The van der Waals surface area contributed by atoms with Gasteiger partial charge in [0.05, 0.1) is 6.61 Å². The Kier molecular flexibility index (Phi) is 6.23. The smallest absolute Gasteiger partial charge is 0.123 e. The second kappa shape index (κ2) is 7.77. The molecule has 0 aliphatic rings. The maximum atomic E-state index is 12.6. The average Bonchev–Trinajstić information content (AvgIpc) is 2.32. The van der Waals surface area contributed by atoms with Crippen molar-refractivity contribution in [3.05, 3.63) is 30.1 Å². The first kappa shape index (κ1) is 13.6. The van der Waals surface area contributed by atoms with E-state index in [2.05, 4.69) is 17.2 Å². The summed E-state index contributed by atoms with van der Waals surface area (Å²) >= 11 is 5.07. The molecule has 90 valence electrons. The molecule has 1 rings (SSSR count). The minimum absolute atomic E-state index is 0.271. The SMILES string of the molecule is CCC#CCOCC(=S)Nc1ccc(F)cc1. The van der Waals surface area contributed by atoms with E-state index < -0.39 is 0 Å². The third-order valence-electron chi connectivity index (χ3n) is 1.84. The molecule has 0 bridgehead atoms. The number of rotatable bonds is 4. The molecule has 0 saturated carbocycles. The molecule has 0 heterocycles. The summed E-state index contributed by atoms with van der Waals surface area (Å²) in [6.45, 7) is 2.66. The summed E-state index contributed by atoms with van der Waals surface area (Å²) in [7, 11) is 0. The molecular weight excluding hydrogens is 237 g/mol. The van der Waals surface area contributed by atoms with Crippen molar-refractivity contribution in [1.82, 2.24) is 0 Å². The Morgan fingerprint density at radius 3 is 2.71 bits per heavy atom. The fraction of sp³-hybridized carbons (Fsp3) is 0.308. The highest BCUT2D eigenvalue weighted by Gasteiger charge is 1.98. The Morgan fingerprint density at radius 2 is 2.06 bits per heavy atom. The van der Waals surface area contributed by atoms with E-state index >= 15 is 0 Å². The van der Waals surface area contributed by atoms with Crippen LogP contribution in [0.4, 0.5) is 10.1 Å². The maximum Gasteiger partial charge on any atom is 0.123 e. The molecule has 1 aromatic carbocycles. The van der Waals surface area contributed by atoms with Gasteiger partial charge in [0.15, 0.2) is 0 Å². The highest BCUT2D eigenvalue weighted by Crippen LogP contribution is 2.08. The normalized spacial score (nSPS) is 9.29. The van der Waals surface area contributed by atoms with Gasteiger partial charge in [-0.15, -0.1) is 5.92 Å². The van der Waals surface area contributed by atoms with Crippen LogP contribution in [0.25, 0.3) is 0 Å². The van der Waals surface area contributed by atoms with Crippen LogP contribution in [0.5, 0.6) is 0 Å². The van der Waals surface area contributed by atoms with Crippen molar-refractivity contribution < 1.29 is 9.13 Å². The van der Waals surface area contributed by atoms with Gasteiger partial charge < -0.3 is 10.1 Å². The molecule has 0 radical (unpaired) electrons. The van der Waals surface area contributed by atoms with Crippen molar-refractivity contribution in [2.75, 3.05) is 18.5 Å². The minimum Gasteiger partial charge on any atom is -0.362 e. The van der Waals surface area contributed by atoms with Crippen LogP contribution < -0.4 is 5.32 Å². The van der Waals surface area contributed by atoms with Crippen LogP contribution in [0.2, 0.25) is 0 Å². The first-order chi connectivity index (χ1) is 8.22. The van der Waals surface area contributed by atoms with Crippen LogP contribution >= 0.6 is 12.2 Å². The second-order valence-electron chi connectivity index (χ2n) is 3.25. The third-order valence-corrected chi connectivity index (χ3v) is 2.06. The number of benzene rings is 1. The lowest BCUT2D eigenvalue weighted by atomic mass is 10.3. The number of halogens is 1. The van der Waals surface area contributed by atoms with Crippen LogP contribution in [0.15, 0.2) is 24.3 Å². The molecule has 0 saturated heterocycles. The lowest BCUT2D eigenvalue weighted by molar-refractivity contribution is 0.211. The van der Waals surface area contributed by atoms with Crippen molar-refractivity contribution in [3.8, 4) is 11.8 Å². The fourth-order valence-electron chi connectivity index (χ4n) is 1.10. The standard InChI is InChI=1S/C13H14FNOS/c1-2-3-4-9-16-10-13(17)15-12-7-5-11(14)6-8-12/h5-8H,2,9-10H2,1H3,(H,15,17). The summed E-state index contributed by atoms with van der Waals surface area (Å²) in [6, 6.07) is 5.99. The van der Waals surface area contributed by atoms with E-state index in [1.165, 1.54) is 12.1 Å². The Balaban J connectivity index is 2.27. The molecule has 0 aliphatic heterocycles. The zero-order valence-electron chi connectivity index (χ0n) is 9.63. The molecular formula is C13H14FNOS. The molecule has 4 heteroatoms. The molecule has 0 atom stereocenters. The van der Waals surface area contributed by atoms with Gasteiger partial charge >= 0.3 is 0 Å². The second-order valence-corrected chi connectivity index (χ2v) is 3.75. The van der Waals surface area contributed by atoms with E-state index in [1.54, 1.807) is 12.1 Å². The highest BCUT2D eigenvalue weighted by atomic mass is 32.1. The Labute approximate surface area is 106 Å². The lowest BCUT2D eigenvalue weighted by Crippen LogP contribution is -2.16. The summed E-state index contributed by atoms with van der Waals surface area (Å²) in [5, 5.41) is 2.95. The number of ether oxygens (including phenoxy) is 1. The summed E-state index contributed by atoms with van der Waals surface area (Å²) in [5.41, 5.74) is 0.750. The molecule has 0 amide bonds. The summed E-state index contributed by atoms with van der Waals surface area (Å²) in [6.07, 6.45) is 0.821. The third kappa shape index (κ3) is 6.00. The number of hydrogen-bond acceptors (Lipinski definition) is 2. The van der Waals surface area contributed by atoms with Gasteiger partial charge in [-0.1, -0.05) is 25.1 Å². The molecule has 0 fully saturated rings. The van der Waals surface area contributed by atoms with Gasteiger partial charge in [-0.05, 0) is 24.3 Å². The van der Waals surface area contributed by atoms with Gasteiger partial charge in [0, 0.05) is 12.1 Å². The van der Waals surface area contributed by atoms with Gasteiger partial charge in [0.2, 0.25) is 0 Å². The largest absolute Gasteiger partial charge is 0.362 e. The van der Waals surface area contributed by atoms with Crippen LogP contribution in [0.3, 0.4) is 0 Å². The molecule has 0 aromatic heterocycles. The van der Waals surface area contributed by atoms with Gasteiger partial charge in [0.1, 0.15) is 17.4 Å². The first-order valence-electron chi connectivity index (χ1n) is 5.31. The lowest BCUT2D eigenvalue weighted by Gasteiger charge is -2.07. The number of thiocarbonyl (C=S) groups is 1. The zero-order chi connectivity index (χ0) is 12.5. The highest BCUT2D eigenvalue weighted by molar-refractivity contribution is 7.80. The van der Waals surface area contributed by atoms with E-state index in [0.29, 0.717) is 18.2 Å². The monoisotopic (exact) mass is 251 g/mol. The first-order valence-corrected chi connectivity index (χ1v) is 5.72. The molecule has 0 unspecified atom stereocenters. The van der Waals surface area contributed by atoms with E-state index in [1.807, 2.05) is 6.92 Å². The predicted molar refractivity (Wildman–Crippen MR) is 71.5 cm³/mol. The van der Waals surface area contributed by atoms with E-state index in [4.69, 9.17) is 17.0 Å². The van der Waals surface area contributed by atoms with Crippen molar-refractivity contribution in [3.63, 3.8) is 0 Å². The van der Waals surface area contributed by atoms with Crippen molar-refractivity contribution in [2.45, 2.75) is 13.3 Å². The van der Waals surface area contributed by atoms with E-state index in [9.17, 15) is 4.39 Å². The quantitative estimate of drug-likeness (QED) is 0.505. The Hall–Kier alpha value is -1.44. The molecule has 0 aliphatic carbocycles. The van der Waals surface area contributed by atoms with Gasteiger partial charge in [-0.3, -0.25) is 0 Å². The Bertz CT molecular complexity index is 419. The molecule has 17 heavy (non-hydrogen) atoms. The number of hydrogen-bond donors (Lipinski definition) is 1. The molecule has 0 spiro atoms. The van der Waals surface area contributed by atoms with Crippen molar-refractivity contribution in [2.24, 2.45) is 0 Å². The van der Waals surface area contributed by atoms with E-state index in [0.717, 1.165) is 12.1 Å². The van der Waals surface area contributed by atoms with Crippen LogP contribution in [0.1, 0.15) is 13.3 Å². The van der Waals surface area contributed by atoms with Crippen molar-refractivity contribution in [1.29, 1.82) is 0 Å². The molecule has 1 N–H and O–H groups in total. The molecule has 1 aromatic rings. The van der Waals surface area contributed by atoms with Gasteiger partial charge in [-0.2, -0.15) is 0 Å². The maximum absolute atomic E-state index is 12.6. The number of anilines is 1. The zero-order valence-corrected chi connectivity index (χ0v) is 10.4. The number of nitrogens with one attached hydrogen (secondary N) is 1. The van der Waals surface area contributed by atoms with Crippen LogP contribution in [0, 0.1) is 17.7 Å². The predicted octanol–water partition coefficient (Wildman–Crippen LogP) is 3.00. The van der Waals surface area contributed by atoms with Gasteiger partial charge in [0.25, 0.3) is 0 Å². The summed E-state index contributed by atoms with van der Waals surface area (Å²) < 4.78 is 17.9. The minimum atomic E-state index is -0.271.